The number of nitrogens with zero attached hydrogens (tertiary/aromatic N) is 2. The minimum atomic E-state index is 0.327. The summed E-state index contributed by atoms with van der Waals surface area (Å²) in [5.74, 6) is 0.888. The third-order valence-electron chi connectivity index (χ3n) is 4.34. The Morgan fingerprint density at radius 2 is 1.96 bits per heavy atom. The van der Waals surface area contributed by atoms with Crippen LogP contribution in [0.4, 0.5) is 5.69 Å². The number of hydrogen-bond donors (Lipinski definition) is 1. The monoisotopic (exact) mass is 331 g/mol. The fourth-order valence-electron chi connectivity index (χ4n) is 3.06. The molecular formula is C18H22ClN3O. The van der Waals surface area contributed by atoms with Crippen molar-refractivity contribution in [1.82, 2.24) is 9.88 Å². The first-order valence-corrected chi connectivity index (χ1v) is 8.37. The Labute approximate surface area is 142 Å². The standard InChI is InChI=1S/C18H22ClN3O/c1-23-15-6-4-14(5-7-15)18(22-10-2-3-11-22)13-21-17-8-9-20-12-16(17)19/h4-9,12,18H,2-3,10-11,13H2,1H3,(H,20,21). The summed E-state index contributed by atoms with van der Waals surface area (Å²) in [4.78, 5) is 6.56. The number of pyridine rings is 1. The molecule has 4 nitrogen and oxygen atoms in total. The van der Waals surface area contributed by atoms with E-state index in [0.29, 0.717) is 11.1 Å². The van der Waals surface area contributed by atoms with Crippen LogP contribution in [-0.2, 0) is 0 Å². The first-order chi connectivity index (χ1) is 11.3. The number of aromatic nitrogens is 1. The lowest BCUT2D eigenvalue weighted by Crippen LogP contribution is -2.31. The molecule has 3 rings (SSSR count). The maximum Gasteiger partial charge on any atom is 0.118 e. The topological polar surface area (TPSA) is 37.4 Å². The van der Waals surface area contributed by atoms with Crippen LogP contribution >= 0.6 is 11.6 Å². The van der Waals surface area contributed by atoms with E-state index in [1.165, 1.54) is 18.4 Å². The van der Waals surface area contributed by atoms with Crippen LogP contribution in [0.3, 0.4) is 0 Å². The predicted molar refractivity (Wildman–Crippen MR) is 94.3 cm³/mol. The Morgan fingerprint density at radius 3 is 2.61 bits per heavy atom. The molecule has 1 N–H and O–H groups in total. The molecule has 122 valence electrons. The molecule has 1 unspecified atom stereocenters. The maximum absolute atomic E-state index is 6.20. The molecule has 23 heavy (non-hydrogen) atoms. The second kappa shape index (κ2) is 7.66. The summed E-state index contributed by atoms with van der Waals surface area (Å²) in [6.45, 7) is 3.10. The molecular weight excluding hydrogens is 310 g/mol. The van der Waals surface area contributed by atoms with E-state index >= 15 is 0 Å². The molecule has 0 amide bonds. The fraction of sp³-hybridized carbons (Fsp3) is 0.389. The fourth-order valence-corrected chi connectivity index (χ4v) is 3.25. The molecule has 0 saturated carbocycles. The Balaban J connectivity index is 1.76. The predicted octanol–water partition coefficient (Wildman–Crippen LogP) is 3.99. The number of likely N-dealkylation sites (tertiary alicyclic amines) is 1. The average molecular weight is 332 g/mol. The molecule has 1 saturated heterocycles. The van der Waals surface area contributed by atoms with Crippen molar-refractivity contribution < 1.29 is 4.74 Å². The molecule has 1 aromatic carbocycles. The number of ether oxygens (including phenoxy) is 1. The van der Waals surface area contributed by atoms with E-state index in [4.69, 9.17) is 16.3 Å². The lowest BCUT2D eigenvalue weighted by molar-refractivity contribution is 0.256. The zero-order valence-corrected chi connectivity index (χ0v) is 14.1. The second-order valence-electron chi connectivity index (χ2n) is 5.77. The molecule has 5 heteroatoms. The highest BCUT2D eigenvalue weighted by Crippen LogP contribution is 2.28. The number of halogens is 1. The minimum Gasteiger partial charge on any atom is -0.497 e. The van der Waals surface area contributed by atoms with Crippen LogP contribution in [-0.4, -0.2) is 36.6 Å². The molecule has 0 bridgehead atoms. The van der Waals surface area contributed by atoms with Crippen molar-refractivity contribution in [1.29, 1.82) is 0 Å². The molecule has 0 radical (unpaired) electrons. The van der Waals surface area contributed by atoms with Crippen molar-refractivity contribution in [3.8, 4) is 5.75 Å². The van der Waals surface area contributed by atoms with Gasteiger partial charge in [-0.2, -0.15) is 0 Å². The van der Waals surface area contributed by atoms with Gasteiger partial charge >= 0.3 is 0 Å². The number of nitrogens with one attached hydrogen (secondary N) is 1. The van der Waals surface area contributed by atoms with E-state index in [1.807, 2.05) is 18.2 Å². The molecule has 1 aliphatic heterocycles. The van der Waals surface area contributed by atoms with Gasteiger partial charge in [0.1, 0.15) is 5.75 Å². The average Bonchev–Trinajstić information content (AvgIpc) is 3.11. The van der Waals surface area contributed by atoms with Crippen LogP contribution in [0.5, 0.6) is 5.75 Å². The number of benzene rings is 1. The summed E-state index contributed by atoms with van der Waals surface area (Å²) in [6.07, 6.45) is 5.96. The Kier molecular flexibility index (Phi) is 5.36. The number of methoxy groups -OCH3 is 1. The van der Waals surface area contributed by atoms with Gasteiger partial charge in [0.2, 0.25) is 0 Å². The van der Waals surface area contributed by atoms with E-state index in [9.17, 15) is 0 Å². The largest absolute Gasteiger partial charge is 0.497 e. The quantitative estimate of drug-likeness (QED) is 0.868. The zero-order chi connectivity index (χ0) is 16.1. The number of rotatable bonds is 6. The second-order valence-corrected chi connectivity index (χ2v) is 6.18. The highest BCUT2D eigenvalue weighted by Gasteiger charge is 2.23. The van der Waals surface area contributed by atoms with Gasteiger partial charge in [0.15, 0.2) is 0 Å². The van der Waals surface area contributed by atoms with Gasteiger partial charge in [-0.15, -0.1) is 0 Å². The van der Waals surface area contributed by atoms with Crippen molar-refractivity contribution in [3.05, 3.63) is 53.3 Å². The molecule has 2 aromatic rings. The van der Waals surface area contributed by atoms with Gasteiger partial charge in [-0.25, -0.2) is 0 Å². The summed E-state index contributed by atoms with van der Waals surface area (Å²) >= 11 is 6.20. The summed E-state index contributed by atoms with van der Waals surface area (Å²) in [5.41, 5.74) is 2.23. The van der Waals surface area contributed by atoms with Gasteiger partial charge < -0.3 is 10.1 Å². The van der Waals surface area contributed by atoms with Gasteiger partial charge in [0.25, 0.3) is 0 Å². The summed E-state index contributed by atoms with van der Waals surface area (Å²) in [7, 11) is 1.69. The van der Waals surface area contributed by atoms with E-state index < -0.39 is 0 Å². The van der Waals surface area contributed by atoms with E-state index in [1.54, 1.807) is 19.5 Å². The summed E-state index contributed by atoms with van der Waals surface area (Å²) < 4.78 is 5.27. The molecule has 2 heterocycles. The summed E-state index contributed by atoms with van der Waals surface area (Å²) in [5, 5.41) is 4.13. The van der Waals surface area contributed by atoms with E-state index in [-0.39, 0.29) is 0 Å². The highest BCUT2D eigenvalue weighted by molar-refractivity contribution is 6.33. The Bertz CT molecular complexity index is 626. The lowest BCUT2D eigenvalue weighted by Gasteiger charge is -2.29. The van der Waals surface area contributed by atoms with Crippen molar-refractivity contribution in [2.45, 2.75) is 18.9 Å². The first-order valence-electron chi connectivity index (χ1n) is 7.99. The van der Waals surface area contributed by atoms with Gasteiger partial charge in [-0.1, -0.05) is 23.7 Å². The Hall–Kier alpha value is -1.78. The number of hydrogen-bond acceptors (Lipinski definition) is 4. The summed E-state index contributed by atoms with van der Waals surface area (Å²) in [6, 6.07) is 10.6. The lowest BCUT2D eigenvalue weighted by atomic mass is 10.1. The molecule has 1 aromatic heterocycles. The van der Waals surface area contributed by atoms with Gasteiger partial charge in [0.05, 0.1) is 23.9 Å². The number of anilines is 1. The third-order valence-corrected chi connectivity index (χ3v) is 4.64. The normalized spacial score (nSPS) is 16.3. The molecule has 1 aliphatic rings. The SMILES string of the molecule is COc1ccc(C(CNc2ccncc2Cl)N2CCCC2)cc1. The molecule has 0 aliphatic carbocycles. The van der Waals surface area contributed by atoms with Crippen LogP contribution in [0.1, 0.15) is 24.4 Å². The van der Waals surface area contributed by atoms with Crippen LogP contribution in [0.25, 0.3) is 0 Å². The van der Waals surface area contributed by atoms with Crippen LogP contribution in [0, 0.1) is 0 Å². The van der Waals surface area contributed by atoms with Crippen LogP contribution in [0.2, 0.25) is 5.02 Å². The molecule has 1 fully saturated rings. The first kappa shape index (κ1) is 16.1. The van der Waals surface area contributed by atoms with Crippen LogP contribution < -0.4 is 10.1 Å². The zero-order valence-electron chi connectivity index (χ0n) is 13.3. The Morgan fingerprint density at radius 1 is 1.22 bits per heavy atom. The maximum atomic E-state index is 6.20. The van der Waals surface area contributed by atoms with Crippen molar-refractivity contribution in [2.24, 2.45) is 0 Å². The van der Waals surface area contributed by atoms with Crippen molar-refractivity contribution >= 4 is 17.3 Å². The smallest absolute Gasteiger partial charge is 0.118 e. The third kappa shape index (κ3) is 3.95. The molecule has 1 atom stereocenters. The van der Waals surface area contributed by atoms with Gasteiger partial charge in [-0.3, -0.25) is 9.88 Å². The van der Waals surface area contributed by atoms with Crippen LogP contribution in [0.15, 0.2) is 42.7 Å². The highest BCUT2D eigenvalue weighted by atomic mass is 35.5. The van der Waals surface area contributed by atoms with Crippen molar-refractivity contribution in [2.75, 3.05) is 32.1 Å². The van der Waals surface area contributed by atoms with E-state index in [0.717, 1.165) is 31.1 Å². The van der Waals surface area contributed by atoms with Gasteiger partial charge in [-0.05, 0) is 49.7 Å². The molecule has 0 spiro atoms. The minimum absolute atomic E-state index is 0.327. The van der Waals surface area contributed by atoms with E-state index in [2.05, 4.69) is 27.3 Å². The van der Waals surface area contributed by atoms with Crippen molar-refractivity contribution in [3.63, 3.8) is 0 Å². The van der Waals surface area contributed by atoms with Gasteiger partial charge in [0, 0.05) is 18.9 Å².